The van der Waals surface area contributed by atoms with Gasteiger partial charge in [0.25, 0.3) is 0 Å². The van der Waals surface area contributed by atoms with Crippen molar-refractivity contribution in [3.8, 4) is 0 Å². The summed E-state index contributed by atoms with van der Waals surface area (Å²) in [4.78, 5) is 10.6. The SMILES string of the molecule is Cc1cccc(CCC(C)CC(C)CC(=O)O)c1. The van der Waals surface area contributed by atoms with E-state index < -0.39 is 5.97 Å². The van der Waals surface area contributed by atoms with Crippen molar-refractivity contribution in [3.63, 3.8) is 0 Å². The van der Waals surface area contributed by atoms with Crippen LogP contribution in [0, 0.1) is 18.8 Å². The van der Waals surface area contributed by atoms with Crippen molar-refractivity contribution in [2.45, 2.75) is 46.5 Å². The zero-order valence-electron chi connectivity index (χ0n) is 11.6. The summed E-state index contributed by atoms with van der Waals surface area (Å²) < 4.78 is 0. The van der Waals surface area contributed by atoms with Crippen molar-refractivity contribution in [3.05, 3.63) is 35.4 Å². The van der Waals surface area contributed by atoms with Gasteiger partial charge in [-0.2, -0.15) is 0 Å². The highest BCUT2D eigenvalue weighted by atomic mass is 16.4. The highest BCUT2D eigenvalue weighted by Gasteiger charge is 2.12. The van der Waals surface area contributed by atoms with E-state index in [0.717, 1.165) is 19.3 Å². The van der Waals surface area contributed by atoms with Crippen LogP contribution in [0.3, 0.4) is 0 Å². The Hall–Kier alpha value is -1.31. The fourth-order valence-electron chi connectivity index (χ4n) is 2.47. The van der Waals surface area contributed by atoms with Gasteiger partial charge in [-0.05, 0) is 43.6 Å². The van der Waals surface area contributed by atoms with Crippen LogP contribution in [0.5, 0.6) is 0 Å². The predicted octanol–water partition coefficient (Wildman–Crippen LogP) is 4.06. The molecule has 0 saturated carbocycles. The Balaban J connectivity index is 2.32. The van der Waals surface area contributed by atoms with Crippen LogP contribution in [0.25, 0.3) is 0 Å². The molecule has 2 atom stereocenters. The molecule has 100 valence electrons. The lowest BCUT2D eigenvalue weighted by atomic mass is 9.90. The minimum Gasteiger partial charge on any atom is -0.481 e. The smallest absolute Gasteiger partial charge is 0.303 e. The molecule has 2 nitrogen and oxygen atoms in total. The molecule has 0 radical (unpaired) electrons. The van der Waals surface area contributed by atoms with Gasteiger partial charge in [-0.15, -0.1) is 0 Å². The van der Waals surface area contributed by atoms with E-state index in [1.165, 1.54) is 11.1 Å². The molecule has 0 aliphatic rings. The molecule has 1 N–H and O–H groups in total. The molecule has 0 aliphatic heterocycles. The lowest BCUT2D eigenvalue weighted by Gasteiger charge is -2.15. The molecule has 1 aromatic rings. The summed E-state index contributed by atoms with van der Waals surface area (Å²) in [6, 6.07) is 8.61. The Kier molecular flexibility index (Phi) is 5.90. The number of hydrogen-bond acceptors (Lipinski definition) is 1. The molecule has 0 fully saturated rings. The summed E-state index contributed by atoms with van der Waals surface area (Å²) in [5, 5.41) is 8.74. The molecular formula is C16H24O2. The van der Waals surface area contributed by atoms with Crippen LogP contribution < -0.4 is 0 Å². The van der Waals surface area contributed by atoms with E-state index in [-0.39, 0.29) is 12.3 Å². The largest absolute Gasteiger partial charge is 0.481 e. The standard InChI is InChI=1S/C16H24O2/c1-12-5-4-6-15(10-12)8-7-13(2)9-14(3)11-16(17)18/h4-6,10,13-14H,7-9,11H2,1-3H3,(H,17,18). The monoisotopic (exact) mass is 248 g/mol. The van der Waals surface area contributed by atoms with Gasteiger partial charge in [0.1, 0.15) is 0 Å². The van der Waals surface area contributed by atoms with Crippen molar-refractivity contribution < 1.29 is 9.90 Å². The fourth-order valence-corrected chi connectivity index (χ4v) is 2.47. The fraction of sp³-hybridized carbons (Fsp3) is 0.562. The van der Waals surface area contributed by atoms with Crippen molar-refractivity contribution in [1.82, 2.24) is 0 Å². The summed E-state index contributed by atoms with van der Waals surface area (Å²) in [5.41, 5.74) is 2.69. The van der Waals surface area contributed by atoms with E-state index in [0.29, 0.717) is 5.92 Å². The third kappa shape index (κ3) is 5.85. The number of carbonyl (C=O) groups is 1. The minimum absolute atomic E-state index is 0.273. The first-order valence-corrected chi connectivity index (χ1v) is 6.74. The Bertz CT molecular complexity index is 384. The molecule has 0 bridgehead atoms. The molecule has 1 aromatic carbocycles. The number of hydrogen-bond donors (Lipinski definition) is 1. The van der Waals surface area contributed by atoms with Crippen LogP contribution in [0.2, 0.25) is 0 Å². The molecule has 1 rings (SSSR count). The highest BCUT2D eigenvalue weighted by molar-refractivity contribution is 5.66. The quantitative estimate of drug-likeness (QED) is 0.790. The van der Waals surface area contributed by atoms with Crippen LogP contribution in [0.4, 0.5) is 0 Å². The van der Waals surface area contributed by atoms with Crippen molar-refractivity contribution >= 4 is 5.97 Å². The first-order chi connectivity index (χ1) is 8.47. The molecule has 2 unspecified atom stereocenters. The van der Waals surface area contributed by atoms with E-state index in [2.05, 4.69) is 38.1 Å². The number of carboxylic acid groups (broad SMARTS) is 1. The average molecular weight is 248 g/mol. The van der Waals surface area contributed by atoms with Crippen molar-refractivity contribution in [2.75, 3.05) is 0 Å². The molecule has 0 saturated heterocycles. The summed E-state index contributed by atoms with van der Waals surface area (Å²) in [6.45, 7) is 6.35. The minimum atomic E-state index is -0.687. The summed E-state index contributed by atoms with van der Waals surface area (Å²) >= 11 is 0. The maximum Gasteiger partial charge on any atom is 0.303 e. The van der Waals surface area contributed by atoms with Crippen molar-refractivity contribution in [1.29, 1.82) is 0 Å². The number of benzene rings is 1. The third-order valence-corrected chi connectivity index (χ3v) is 3.34. The van der Waals surface area contributed by atoms with Gasteiger partial charge >= 0.3 is 5.97 Å². The molecular weight excluding hydrogens is 224 g/mol. The maximum absolute atomic E-state index is 10.6. The third-order valence-electron chi connectivity index (χ3n) is 3.34. The Labute approximate surface area is 110 Å². The van der Waals surface area contributed by atoms with Crippen molar-refractivity contribution in [2.24, 2.45) is 11.8 Å². The van der Waals surface area contributed by atoms with Crippen LogP contribution in [0.1, 0.15) is 44.2 Å². The summed E-state index contributed by atoms with van der Waals surface area (Å²) in [6.07, 6.45) is 3.50. The van der Waals surface area contributed by atoms with Crippen LogP contribution >= 0.6 is 0 Å². The zero-order valence-corrected chi connectivity index (χ0v) is 11.6. The van der Waals surface area contributed by atoms with Crippen LogP contribution in [0.15, 0.2) is 24.3 Å². The summed E-state index contributed by atoms with van der Waals surface area (Å²) in [5.74, 6) is 0.170. The molecule has 0 heterocycles. The molecule has 18 heavy (non-hydrogen) atoms. The second-order valence-corrected chi connectivity index (χ2v) is 5.57. The Morgan fingerprint density at radius 1 is 1.28 bits per heavy atom. The van der Waals surface area contributed by atoms with Gasteiger partial charge in [0.05, 0.1) is 0 Å². The van der Waals surface area contributed by atoms with Gasteiger partial charge < -0.3 is 5.11 Å². The Morgan fingerprint density at radius 3 is 2.61 bits per heavy atom. The van der Waals surface area contributed by atoms with Gasteiger partial charge in [-0.25, -0.2) is 0 Å². The average Bonchev–Trinajstić information content (AvgIpc) is 2.25. The molecule has 0 aliphatic carbocycles. The van der Waals surface area contributed by atoms with Gasteiger partial charge in [0.15, 0.2) is 0 Å². The topological polar surface area (TPSA) is 37.3 Å². The lowest BCUT2D eigenvalue weighted by molar-refractivity contribution is -0.138. The normalized spacial score (nSPS) is 14.2. The van der Waals surface area contributed by atoms with Gasteiger partial charge in [-0.3, -0.25) is 4.79 Å². The Morgan fingerprint density at radius 2 is 2.00 bits per heavy atom. The lowest BCUT2D eigenvalue weighted by Crippen LogP contribution is -2.09. The number of rotatable bonds is 7. The van der Waals surface area contributed by atoms with Gasteiger partial charge in [-0.1, -0.05) is 43.7 Å². The maximum atomic E-state index is 10.6. The van der Waals surface area contributed by atoms with E-state index in [1.807, 2.05) is 6.92 Å². The second kappa shape index (κ2) is 7.20. The van der Waals surface area contributed by atoms with E-state index in [9.17, 15) is 4.79 Å². The molecule has 0 spiro atoms. The molecule has 0 aromatic heterocycles. The second-order valence-electron chi connectivity index (χ2n) is 5.57. The molecule has 2 heteroatoms. The first-order valence-electron chi connectivity index (χ1n) is 6.74. The van der Waals surface area contributed by atoms with E-state index >= 15 is 0 Å². The van der Waals surface area contributed by atoms with Gasteiger partial charge in [0.2, 0.25) is 0 Å². The predicted molar refractivity (Wildman–Crippen MR) is 74.7 cm³/mol. The number of carboxylic acids is 1. The van der Waals surface area contributed by atoms with E-state index in [1.54, 1.807) is 0 Å². The van der Waals surface area contributed by atoms with Crippen LogP contribution in [-0.4, -0.2) is 11.1 Å². The number of aliphatic carboxylic acids is 1. The van der Waals surface area contributed by atoms with Crippen LogP contribution in [-0.2, 0) is 11.2 Å². The first kappa shape index (κ1) is 14.7. The zero-order chi connectivity index (χ0) is 13.5. The highest BCUT2D eigenvalue weighted by Crippen LogP contribution is 2.20. The number of aryl methyl sites for hydroxylation is 2. The molecule has 0 amide bonds. The summed E-state index contributed by atoms with van der Waals surface area (Å²) in [7, 11) is 0. The van der Waals surface area contributed by atoms with E-state index in [4.69, 9.17) is 5.11 Å². The van der Waals surface area contributed by atoms with Gasteiger partial charge in [0, 0.05) is 6.42 Å².